The normalized spacial score (nSPS) is 60.0. The van der Waals surface area contributed by atoms with Crippen molar-refractivity contribution in [2.75, 3.05) is 0 Å². The maximum atomic E-state index is 12.8. The van der Waals surface area contributed by atoms with E-state index in [0.29, 0.717) is 11.8 Å². The minimum atomic E-state index is -1.01. The SMILES string of the molecule is CC(C)C1(O)CCC2(C)CCC3(C)C(CCC4C5(C)CCC(O)C(C)(C)C5CCC43C)C21O. The van der Waals surface area contributed by atoms with Crippen LogP contribution in [0.5, 0.6) is 0 Å². The fourth-order valence-electron chi connectivity index (χ4n) is 11.7. The molecule has 3 heteroatoms. The molecule has 5 aliphatic rings. The van der Waals surface area contributed by atoms with Crippen LogP contribution in [0.4, 0.5) is 0 Å². The van der Waals surface area contributed by atoms with Gasteiger partial charge in [0, 0.05) is 0 Å². The summed E-state index contributed by atoms with van der Waals surface area (Å²) in [5.41, 5.74) is -1.76. The Kier molecular flexibility index (Phi) is 5.06. The lowest BCUT2D eigenvalue weighted by Gasteiger charge is -2.74. The Morgan fingerprint density at radius 3 is 1.85 bits per heavy atom. The molecule has 0 bridgehead atoms. The van der Waals surface area contributed by atoms with Crippen molar-refractivity contribution in [3.8, 4) is 0 Å². The molecule has 0 aromatic carbocycles. The Morgan fingerprint density at radius 1 is 0.636 bits per heavy atom. The van der Waals surface area contributed by atoms with Crippen LogP contribution in [-0.2, 0) is 0 Å². The molecule has 0 radical (unpaired) electrons. The van der Waals surface area contributed by atoms with Crippen molar-refractivity contribution < 1.29 is 15.3 Å². The van der Waals surface area contributed by atoms with E-state index in [0.717, 1.165) is 44.9 Å². The van der Waals surface area contributed by atoms with Gasteiger partial charge in [-0.15, -0.1) is 0 Å². The van der Waals surface area contributed by atoms with Crippen LogP contribution in [0.15, 0.2) is 0 Å². The van der Waals surface area contributed by atoms with Crippen molar-refractivity contribution in [1.82, 2.24) is 0 Å². The zero-order valence-corrected chi connectivity index (χ0v) is 22.8. The molecule has 0 amide bonds. The van der Waals surface area contributed by atoms with Gasteiger partial charge in [0.2, 0.25) is 0 Å². The first-order valence-electron chi connectivity index (χ1n) is 14.2. The molecular formula is C30H52O3. The average Bonchev–Trinajstić information content (AvgIpc) is 2.94. The Balaban J connectivity index is 1.60. The lowest BCUT2D eigenvalue weighted by Crippen LogP contribution is -2.74. The smallest absolute Gasteiger partial charge is 0.102 e. The van der Waals surface area contributed by atoms with E-state index in [2.05, 4.69) is 55.4 Å². The lowest BCUT2D eigenvalue weighted by molar-refractivity contribution is -0.314. The molecule has 0 aromatic heterocycles. The molecule has 0 saturated heterocycles. The van der Waals surface area contributed by atoms with Crippen LogP contribution in [0.2, 0.25) is 0 Å². The fraction of sp³-hybridized carbons (Fsp3) is 1.00. The summed E-state index contributed by atoms with van der Waals surface area (Å²) in [7, 11) is 0. The molecule has 10 atom stereocenters. The molecule has 0 aromatic rings. The van der Waals surface area contributed by atoms with Crippen molar-refractivity contribution in [2.45, 2.75) is 137 Å². The Hall–Kier alpha value is -0.120. The zero-order chi connectivity index (χ0) is 24.5. The molecule has 10 unspecified atom stereocenters. The van der Waals surface area contributed by atoms with Gasteiger partial charge in [0.15, 0.2) is 0 Å². The maximum Gasteiger partial charge on any atom is 0.102 e. The largest absolute Gasteiger partial charge is 0.393 e. The van der Waals surface area contributed by atoms with E-state index in [9.17, 15) is 15.3 Å². The Labute approximate surface area is 203 Å². The molecule has 33 heavy (non-hydrogen) atoms. The molecule has 3 nitrogen and oxygen atoms in total. The molecular weight excluding hydrogens is 408 g/mol. The van der Waals surface area contributed by atoms with Crippen LogP contribution in [-0.4, -0.2) is 32.6 Å². The van der Waals surface area contributed by atoms with Crippen LogP contribution < -0.4 is 0 Å². The van der Waals surface area contributed by atoms with Gasteiger partial charge in [0.25, 0.3) is 0 Å². The number of aliphatic hydroxyl groups excluding tert-OH is 1. The number of hydrogen-bond donors (Lipinski definition) is 3. The number of aliphatic hydroxyl groups is 3. The third kappa shape index (κ3) is 2.54. The summed E-state index contributed by atoms with van der Waals surface area (Å²) in [5.74, 6) is 1.40. The van der Waals surface area contributed by atoms with E-state index < -0.39 is 11.2 Å². The monoisotopic (exact) mass is 460 g/mol. The van der Waals surface area contributed by atoms with E-state index in [1.54, 1.807) is 0 Å². The average molecular weight is 461 g/mol. The number of fused-ring (bicyclic) bond motifs is 7. The van der Waals surface area contributed by atoms with Gasteiger partial charge < -0.3 is 15.3 Å². The van der Waals surface area contributed by atoms with Crippen LogP contribution >= 0.6 is 0 Å². The van der Waals surface area contributed by atoms with E-state index in [1.807, 2.05) is 0 Å². The summed E-state index contributed by atoms with van der Waals surface area (Å²) in [6.07, 6.45) is 10.3. The summed E-state index contributed by atoms with van der Waals surface area (Å²) < 4.78 is 0. The van der Waals surface area contributed by atoms with Crippen molar-refractivity contribution in [3.63, 3.8) is 0 Å². The highest BCUT2D eigenvalue weighted by atomic mass is 16.4. The highest BCUT2D eigenvalue weighted by Gasteiger charge is 2.77. The van der Waals surface area contributed by atoms with Crippen LogP contribution in [0.1, 0.15) is 120 Å². The van der Waals surface area contributed by atoms with E-state index >= 15 is 0 Å². The quantitative estimate of drug-likeness (QED) is 0.428. The van der Waals surface area contributed by atoms with Gasteiger partial charge in [-0.3, -0.25) is 0 Å². The molecule has 0 heterocycles. The van der Waals surface area contributed by atoms with Crippen LogP contribution in [0.3, 0.4) is 0 Å². The Morgan fingerprint density at radius 2 is 1.21 bits per heavy atom. The summed E-state index contributed by atoms with van der Waals surface area (Å²) in [5, 5.41) is 35.7. The van der Waals surface area contributed by atoms with Gasteiger partial charge in [-0.2, -0.15) is 0 Å². The van der Waals surface area contributed by atoms with E-state index in [1.165, 1.54) is 19.3 Å². The Bertz CT molecular complexity index is 821. The second kappa shape index (κ2) is 6.80. The number of rotatable bonds is 1. The summed E-state index contributed by atoms with van der Waals surface area (Å²) in [6.45, 7) is 18.8. The van der Waals surface area contributed by atoms with Gasteiger partial charge in [0.05, 0.1) is 11.7 Å². The van der Waals surface area contributed by atoms with Crippen LogP contribution in [0.25, 0.3) is 0 Å². The summed E-state index contributed by atoms with van der Waals surface area (Å²) >= 11 is 0. The van der Waals surface area contributed by atoms with E-state index in [4.69, 9.17) is 0 Å². The number of hydrogen-bond acceptors (Lipinski definition) is 3. The zero-order valence-electron chi connectivity index (χ0n) is 22.8. The topological polar surface area (TPSA) is 60.7 Å². The highest BCUT2D eigenvalue weighted by Crippen LogP contribution is 2.78. The molecule has 5 rings (SSSR count). The molecule has 0 aliphatic heterocycles. The van der Waals surface area contributed by atoms with Gasteiger partial charge in [-0.1, -0.05) is 55.4 Å². The second-order valence-electron chi connectivity index (χ2n) is 15.4. The van der Waals surface area contributed by atoms with Gasteiger partial charge in [-0.25, -0.2) is 0 Å². The van der Waals surface area contributed by atoms with Crippen molar-refractivity contribution in [1.29, 1.82) is 0 Å². The lowest BCUT2D eigenvalue weighted by atomic mass is 9.31. The summed E-state index contributed by atoms with van der Waals surface area (Å²) in [4.78, 5) is 0. The first-order valence-corrected chi connectivity index (χ1v) is 14.2. The van der Waals surface area contributed by atoms with Crippen LogP contribution in [0, 0.1) is 50.7 Å². The maximum absolute atomic E-state index is 12.8. The molecule has 5 aliphatic carbocycles. The fourth-order valence-corrected chi connectivity index (χ4v) is 11.7. The van der Waals surface area contributed by atoms with E-state index in [-0.39, 0.29) is 45.0 Å². The highest BCUT2D eigenvalue weighted by molar-refractivity contribution is 5.27. The van der Waals surface area contributed by atoms with Gasteiger partial charge in [0.1, 0.15) is 5.60 Å². The van der Waals surface area contributed by atoms with Crippen molar-refractivity contribution in [2.24, 2.45) is 50.7 Å². The standard InChI is InChI=1S/C30H52O3/c1-19(2)29(32)18-16-25(5)15-17-28(8)22(30(25,29)33)10-9-21-26(6)13-12-23(31)24(3,4)20(26)11-14-27(21,28)7/h19-23,31-33H,9-18H2,1-8H3. The molecule has 3 N–H and O–H groups in total. The van der Waals surface area contributed by atoms with Crippen molar-refractivity contribution in [3.05, 3.63) is 0 Å². The minimum absolute atomic E-state index is 0.0290. The molecule has 5 saturated carbocycles. The van der Waals surface area contributed by atoms with Crippen molar-refractivity contribution >= 4 is 0 Å². The molecule has 190 valence electrons. The first-order chi connectivity index (χ1) is 15.0. The van der Waals surface area contributed by atoms with Gasteiger partial charge >= 0.3 is 0 Å². The minimum Gasteiger partial charge on any atom is -0.393 e. The third-order valence-corrected chi connectivity index (χ3v) is 14.1. The predicted octanol–water partition coefficient (Wildman–Crippen LogP) is 6.33. The van der Waals surface area contributed by atoms with Gasteiger partial charge in [-0.05, 0) is 115 Å². The first kappa shape index (κ1) is 24.6. The summed E-state index contributed by atoms with van der Waals surface area (Å²) in [6, 6.07) is 0. The molecule has 0 spiro atoms. The third-order valence-electron chi connectivity index (χ3n) is 14.1. The molecule has 5 fully saturated rings. The second-order valence-corrected chi connectivity index (χ2v) is 15.4. The predicted molar refractivity (Wildman–Crippen MR) is 134 cm³/mol.